The fraction of sp³-hybridized carbons (Fsp3) is 0.333. The van der Waals surface area contributed by atoms with Gasteiger partial charge in [-0.15, -0.1) is 0 Å². The molecule has 0 radical (unpaired) electrons. The molecular formula is C9H11ClN4. The highest BCUT2D eigenvalue weighted by Crippen LogP contribution is 2.22. The molecule has 0 spiro atoms. The van der Waals surface area contributed by atoms with Crippen LogP contribution in [0.25, 0.3) is 5.82 Å². The van der Waals surface area contributed by atoms with E-state index in [0.29, 0.717) is 5.02 Å². The summed E-state index contributed by atoms with van der Waals surface area (Å²) >= 11 is 6.15. The van der Waals surface area contributed by atoms with Crippen LogP contribution in [-0.2, 0) is 6.54 Å². The van der Waals surface area contributed by atoms with Crippen LogP contribution >= 0.6 is 11.6 Å². The minimum absolute atomic E-state index is 0.685. The second kappa shape index (κ2) is 3.46. The molecule has 2 rings (SSSR count). The predicted octanol–water partition coefficient (Wildman–Crippen LogP) is 2.05. The number of hydrogen-bond donors (Lipinski definition) is 0. The Balaban J connectivity index is 2.55. The smallest absolute Gasteiger partial charge is 0.179 e. The molecule has 0 aliphatic carbocycles. The van der Waals surface area contributed by atoms with E-state index in [2.05, 4.69) is 10.1 Å². The number of aromatic nitrogens is 4. The van der Waals surface area contributed by atoms with Crippen molar-refractivity contribution < 1.29 is 0 Å². The molecule has 0 amide bonds. The first-order valence-electron chi connectivity index (χ1n) is 4.45. The van der Waals surface area contributed by atoms with Gasteiger partial charge in [0.05, 0.1) is 5.69 Å². The molecule has 0 aromatic carbocycles. The Kier molecular flexibility index (Phi) is 2.29. The van der Waals surface area contributed by atoms with Crippen LogP contribution in [0.3, 0.4) is 0 Å². The maximum absolute atomic E-state index is 6.15. The van der Waals surface area contributed by atoms with Crippen molar-refractivity contribution in [2.24, 2.45) is 0 Å². The third-order valence-electron chi connectivity index (χ3n) is 2.17. The second-order valence-electron chi connectivity index (χ2n) is 3.01. The lowest BCUT2D eigenvalue weighted by Crippen LogP contribution is -1.99. The maximum Gasteiger partial charge on any atom is 0.179 e. The highest BCUT2D eigenvalue weighted by molar-refractivity contribution is 6.32. The van der Waals surface area contributed by atoms with Gasteiger partial charge in [0.15, 0.2) is 5.82 Å². The van der Waals surface area contributed by atoms with Gasteiger partial charge in [-0.25, -0.2) is 4.98 Å². The fourth-order valence-corrected chi connectivity index (χ4v) is 1.60. The van der Waals surface area contributed by atoms with Crippen molar-refractivity contribution in [3.8, 4) is 5.82 Å². The van der Waals surface area contributed by atoms with Gasteiger partial charge in [-0.1, -0.05) is 11.6 Å². The van der Waals surface area contributed by atoms with E-state index in [1.54, 1.807) is 12.5 Å². The summed E-state index contributed by atoms with van der Waals surface area (Å²) in [6.45, 7) is 4.81. The minimum atomic E-state index is 0.685. The van der Waals surface area contributed by atoms with Crippen molar-refractivity contribution >= 4 is 11.6 Å². The average molecular weight is 211 g/mol. The quantitative estimate of drug-likeness (QED) is 0.761. The number of hydrogen-bond acceptors (Lipinski definition) is 2. The maximum atomic E-state index is 6.15. The first-order chi connectivity index (χ1) is 6.74. The molecule has 2 aromatic rings. The van der Waals surface area contributed by atoms with Crippen molar-refractivity contribution in [3.05, 3.63) is 29.4 Å². The van der Waals surface area contributed by atoms with Crippen LogP contribution in [0.1, 0.15) is 12.6 Å². The lowest BCUT2D eigenvalue weighted by atomic mass is 10.4. The van der Waals surface area contributed by atoms with Gasteiger partial charge in [0.25, 0.3) is 0 Å². The Morgan fingerprint density at radius 3 is 2.79 bits per heavy atom. The summed E-state index contributed by atoms with van der Waals surface area (Å²) in [6, 6.07) is 0. The van der Waals surface area contributed by atoms with E-state index < -0.39 is 0 Å². The van der Waals surface area contributed by atoms with E-state index >= 15 is 0 Å². The van der Waals surface area contributed by atoms with Gasteiger partial charge in [0.1, 0.15) is 11.3 Å². The summed E-state index contributed by atoms with van der Waals surface area (Å²) in [6.07, 6.45) is 5.22. The first-order valence-corrected chi connectivity index (χ1v) is 4.83. The summed E-state index contributed by atoms with van der Waals surface area (Å²) in [7, 11) is 0. The zero-order chi connectivity index (χ0) is 10.1. The summed E-state index contributed by atoms with van der Waals surface area (Å²) in [5, 5.41) is 5.06. The Morgan fingerprint density at radius 2 is 2.29 bits per heavy atom. The molecule has 0 bridgehead atoms. The fourth-order valence-electron chi connectivity index (χ4n) is 1.37. The van der Waals surface area contributed by atoms with Crippen LogP contribution in [0, 0.1) is 6.92 Å². The molecule has 0 aliphatic heterocycles. The van der Waals surface area contributed by atoms with Crippen molar-refractivity contribution in [1.29, 1.82) is 0 Å². The van der Waals surface area contributed by atoms with Crippen molar-refractivity contribution in [2.45, 2.75) is 20.4 Å². The SMILES string of the molecule is CCn1nc(-n2ccnc2)c(Cl)c1C. The van der Waals surface area contributed by atoms with Crippen LogP contribution in [0.2, 0.25) is 5.02 Å². The Labute approximate surface area is 87.1 Å². The van der Waals surface area contributed by atoms with Gasteiger partial charge < -0.3 is 0 Å². The standard InChI is InChI=1S/C9H11ClN4/c1-3-14-7(2)8(10)9(12-14)13-5-4-11-6-13/h4-6H,3H2,1-2H3. The average Bonchev–Trinajstić information content (AvgIpc) is 2.78. The Morgan fingerprint density at radius 1 is 1.50 bits per heavy atom. The van der Waals surface area contributed by atoms with E-state index in [0.717, 1.165) is 18.1 Å². The van der Waals surface area contributed by atoms with E-state index in [1.807, 2.05) is 29.3 Å². The number of imidazole rings is 1. The molecule has 5 heteroatoms. The van der Waals surface area contributed by atoms with Gasteiger partial charge in [0, 0.05) is 18.9 Å². The van der Waals surface area contributed by atoms with E-state index in [4.69, 9.17) is 11.6 Å². The van der Waals surface area contributed by atoms with Gasteiger partial charge >= 0.3 is 0 Å². The molecule has 0 unspecified atom stereocenters. The lowest BCUT2D eigenvalue weighted by molar-refractivity contribution is 0.634. The van der Waals surface area contributed by atoms with E-state index in [1.165, 1.54) is 0 Å². The summed E-state index contributed by atoms with van der Waals surface area (Å²) < 4.78 is 3.68. The molecule has 14 heavy (non-hydrogen) atoms. The molecule has 0 saturated heterocycles. The molecule has 0 saturated carbocycles. The molecule has 0 aliphatic rings. The number of aryl methyl sites for hydroxylation is 1. The van der Waals surface area contributed by atoms with Gasteiger partial charge in [0.2, 0.25) is 0 Å². The topological polar surface area (TPSA) is 35.6 Å². The summed E-state index contributed by atoms with van der Waals surface area (Å²) in [5.74, 6) is 0.739. The van der Waals surface area contributed by atoms with Crippen LogP contribution in [0.5, 0.6) is 0 Å². The summed E-state index contributed by atoms with van der Waals surface area (Å²) in [5.41, 5.74) is 0.984. The molecular weight excluding hydrogens is 200 g/mol. The molecule has 2 heterocycles. The zero-order valence-corrected chi connectivity index (χ0v) is 8.86. The minimum Gasteiger partial charge on any atom is -0.288 e. The lowest BCUT2D eigenvalue weighted by Gasteiger charge is -1.96. The normalized spacial score (nSPS) is 10.8. The molecule has 0 atom stereocenters. The second-order valence-corrected chi connectivity index (χ2v) is 3.39. The van der Waals surface area contributed by atoms with E-state index in [9.17, 15) is 0 Å². The molecule has 2 aromatic heterocycles. The molecule has 74 valence electrons. The van der Waals surface area contributed by atoms with Crippen molar-refractivity contribution in [3.63, 3.8) is 0 Å². The van der Waals surface area contributed by atoms with Crippen LogP contribution in [0.4, 0.5) is 0 Å². The van der Waals surface area contributed by atoms with E-state index in [-0.39, 0.29) is 0 Å². The van der Waals surface area contributed by atoms with Gasteiger partial charge in [-0.05, 0) is 13.8 Å². The molecule has 0 N–H and O–H groups in total. The number of nitrogens with zero attached hydrogens (tertiary/aromatic N) is 4. The first kappa shape index (κ1) is 9.27. The highest BCUT2D eigenvalue weighted by atomic mass is 35.5. The summed E-state index contributed by atoms with van der Waals surface area (Å²) in [4.78, 5) is 3.96. The monoisotopic (exact) mass is 210 g/mol. The third-order valence-corrected chi connectivity index (χ3v) is 2.61. The van der Waals surface area contributed by atoms with Crippen LogP contribution in [-0.4, -0.2) is 19.3 Å². The largest absolute Gasteiger partial charge is 0.288 e. The zero-order valence-electron chi connectivity index (χ0n) is 8.11. The van der Waals surface area contributed by atoms with Crippen molar-refractivity contribution in [1.82, 2.24) is 19.3 Å². The van der Waals surface area contributed by atoms with Gasteiger partial charge in [-0.3, -0.25) is 9.25 Å². The molecule has 0 fully saturated rings. The van der Waals surface area contributed by atoms with Gasteiger partial charge in [-0.2, -0.15) is 5.10 Å². The number of rotatable bonds is 2. The molecule has 4 nitrogen and oxygen atoms in total. The number of halogens is 1. The van der Waals surface area contributed by atoms with Crippen LogP contribution < -0.4 is 0 Å². The Hall–Kier alpha value is -1.29. The van der Waals surface area contributed by atoms with Crippen molar-refractivity contribution in [2.75, 3.05) is 0 Å². The highest BCUT2D eigenvalue weighted by Gasteiger charge is 2.12. The van der Waals surface area contributed by atoms with Crippen LogP contribution in [0.15, 0.2) is 18.7 Å². The Bertz CT molecular complexity index is 430. The predicted molar refractivity (Wildman–Crippen MR) is 54.8 cm³/mol. The third kappa shape index (κ3) is 1.32.